The van der Waals surface area contributed by atoms with Crippen LogP contribution in [0.15, 0.2) is 29.4 Å². The maximum Gasteiger partial charge on any atom is 0.338 e. The molecule has 0 amide bonds. The molecule has 0 aromatic heterocycles. The van der Waals surface area contributed by atoms with Gasteiger partial charge in [0.05, 0.1) is 17.9 Å². The minimum atomic E-state index is -0.431. The Morgan fingerprint density at radius 1 is 1.33 bits per heavy atom. The molecule has 1 aromatic carbocycles. The van der Waals surface area contributed by atoms with Crippen LogP contribution in [0.3, 0.4) is 0 Å². The van der Waals surface area contributed by atoms with E-state index in [4.69, 9.17) is 9.84 Å². The quantitative estimate of drug-likeness (QED) is 0.451. The van der Waals surface area contributed by atoms with Gasteiger partial charge in [0.2, 0.25) is 0 Å². The number of carbonyl (C=O) groups is 1. The second kappa shape index (κ2) is 7.45. The van der Waals surface area contributed by atoms with Crippen LogP contribution in [-0.2, 0) is 4.74 Å². The van der Waals surface area contributed by atoms with Crippen LogP contribution in [0, 0.1) is 0 Å². The van der Waals surface area contributed by atoms with Gasteiger partial charge in [-0.2, -0.15) is 5.10 Å². The predicted molar refractivity (Wildman–Crippen MR) is 69.7 cm³/mol. The molecule has 18 heavy (non-hydrogen) atoms. The smallest absolute Gasteiger partial charge is 0.338 e. The van der Waals surface area contributed by atoms with Crippen molar-refractivity contribution in [1.82, 2.24) is 5.43 Å². The van der Waals surface area contributed by atoms with Gasteiger partial charge in [0, 0.05) is 7.05 Å². The highest BCUT2D eigenvalue weighted by atomic mass is 16.5. The van der Waals surface area contributed by atoms with Crippen molar-refractivity contribution in [3.63, 3.8) is 0 Å². The van der Waals surface area contributed by atoms with Gasteiger partial charge in [0.15, 0.2) is 0 Å². The fourth-order valence-electron chi connectivity index (χ4n) is 1.50. The van der Waals surface area contributed by atoms with E-state index in [1.807, 2.05) is 19.1 Å². The fraction of sp³-hybridized carbons (Fsp3) is 0.385. The summed E-state index contributed by atoms with van der Waals surface area (Å²) in [6, 6.07) is 7.04. The lowest BCUT2D eigenvalue weighted by Crippen LogP contribution is -2.10. The predicted octanol–water partition coefficient (Wildman–Crippen LogP) is 1.17. The Labute approximate surface area is 106 Å². The summed E-state index contributed by atoms with van der Waals surface area (Å²) in [4.78, 5) is 11.5. The van der Waals surface area contributed by atoms with Crippen LogP contribution < -0.4 is 5.43 Å². The lowest BCUT2D eigenvalue weighted by Gasteiger charge is -2.06. The van der Waals surface area contributed by atoms with Crippen molar-refractivity contribution >= 4 is 11.7 Å². The van der Waals surface area contributed by atoms with Gasteiger partial charge in [-0.25, -0.2) is 4.79 Å². The number of benzene rings is 1. The highest BCUT2D eigenvalue weighted by molar-refractivity contribution is 6.01. The topological polar surface area (TPSA) is 70.9 Å². The molecule has 0 saturated heterocycles. The summed E-state index contributed by atoms with van der Waals surface area (Å²) >= 11 is 0. The van der Waals surface area contributed by atoms with E-state index in [-0.39, 0.29) is 13.2 Å². The van der Waals surface area contributed by atoms with Gasteiger partial charge in [0.1, 0.15) is 6.61 Å². The second-order valence-electron chi connectivity index (χ2n) is 3.57. The molecule has 5 nitrogen and oxygen atoms in total. The molecule has 0 radical (unpaired) electrons. The first-order chi connectivity index (χ1) is 8.72. The van der Waals surface area contributed by atoms with Crippen LogP contribution in [-0.4, -0.2) is 37.0 Å². The number of hydrogen-bond acceptors (Lipinski definition) is 5. The molecule has 98 valence electrons. The van der Waals surface area contributed by atoms with Crippen molar-refractivity contribution in [2.45, 2.75) is 13.3 Å². The molecule has 0 aliphatic heterocycles. The first-order valence-electron chi connectivity index (χ1n) is 5.84. The summed E-state index contributed by atoms with van der Waals surface area (Å²) in [6.07, 6.45) is 0.801. The number of carbonyl (C=O) groups excluding carboxylic acids is 1. The lowest BCUT2D eigenvalue weighted by atomic mass is 10.1. The molecule has 0 atom stereocenters. The maximum atomic E-state index is 11.5. The average molecular weight is 250 g/mol. The average Bonchev–Trinajstić information content (AvgIpc) is 2.42. The monoisotopic (exact) mass is 250 g/mol. The van der Waals surface area contributed by atoms with E-state index in [9.17, 15) is 4.79 Å². The lowest BCUT2D eigenvalue weighted by molar-refractivity contribution is 0.0434. The third-order valence-corrected chi connectivity index (χ3v) is 2.36. The standard InChI is InChI=1S/C13H18N2O3/c1-3-12(15-14-2)10-4-6-11(7-5-10)13(17)18-9-8-16/h4-7,14,16H,3,8-9H2,1-2H3/b15-12+. The number of ether oxygens (including phenoxy) is 1. The van der Waals surface area contributed by atoms with Crippen molar-refractivity contribution in [2.75, 3.05) is 20.3 Å². The molecule has 0 aliphatic carbocycles. The van der Waals surface area contributed by atoms with Crippen LogP contribution in [0.4, 0.5) is 0 Å². The molecule has 1 aromatic rings. The Kier molecular flexibility index (Phi) is 5.87. The summed E-state index contributed by atoms with van der Waals surface area (Å²) in [5.41, 5.74) is 5.10. The van der Waals surface area contributed by atoms with Crippen LogP contribution >= 0.6 is 0 Å². The zero-order valence-electron chi connectivity index (χ0n) is 10.6. The van der Waals surface area contributed by atoms with Gasteiger partial charge in [0.25, 0.3) is 0 Å². The molecule has 0 heterocycles. The molecule has 1 rings (SSSR count). The molecule has 0 unspecified atom stereocenters. The minimum absolute atomic E-state index is 0.0159. The Morgan fingerprint density at radius 2 is 1.94 bits per heavy atom. The molecule has 0 bridgehead atoms. The number of nitrogens with zero attached hydrogens (tertiary/aromatic N) is 1. The number of nitrogens with one attached hydrogen (secondary N) is 1. The number of hydrazone groups is 1. The van der Waals surface area contributed by atoms with Gasteiger partial charge in [-0.3, -0.25) is 0 Å². The number of esters is 1. The molecule has 0 fully saturated rings. The minimum Gasteiger partial charge on any atom is -0.460 e. The summed E-state index contributed by atoms with van der Waals surface area (Å²) in [5, 5.41) is 12.7. The molecule has 0 spiro atoms. The second-order valence-corrected chi connectivity index (χ2v) is 3.57. The molecular weight excluding hydrogens is 232 g/mol. The maximum absolute atomic E-state index is 11.5. The van der Waals surface area contributed by atoms with Gasteiger partial charge in [-0.05, 0) is 24.1 Å². The van der Waals surface area contributed by atoms with Gasteiger partial charge < -0.3 is 15.3 Å². The van der Waals surface area contributed by atoms with Crippen molar-refractivity contribution < 1.29 is 14.6 Å². The van der Waals surface area contributed by atoms with Crippen LogP contribution in [0.25, 0.3) is 0 Å². The highest BCUT2D eigenvalue weighted by Crippen LogP contribution is 2.09. The Balaban J connectivity index is 2.79. The normalized spacial score (nSPS) is 11.2. The third kappa shape index (κ3) is 3.85. The number of rotatable bonds is 6. The van der Waals surface area contributed by atoms with Crippen molar-refractivity contribution in [3.05, 3.63) is 35.4 Å². The highest BCUT2D eigenvalue weighted by Gasteiger charge is 2.07. The van der Waals surface area contributed by atoms with Crippen molar-refractivity contribution in [2.24, 2.45) is 5.10 Å². The van der Waals surface area contributed by atoms with E-state index in [0.717, 1.165) is 17.7 Å². The molecule has 5 heteroatoms. The Hall–Kier alpha value is -1.88. The summed E-state index contributed by atoms with van der Waals surface area (Å²) in [5.74, 6) is -0.431. The van der Waals surface area contributed by atoms with E-state index in [2.05, 4.69) is 10.5 Å². The van der Waals surface area contributed by atoms with E-state index in [0.29, 0.717) is 5.56 Å². The van der Waals surface area contributed by atoms with E-state index in [1.54, 1.807) is 19.2 Å². The van der Waals surface area contributed by atoms with Crippen molar-refractivity contribution in [3.8, 4) is 0 Å². The van der Waals surface area contributed by atoms with Gasteiger partial charge in [-0.15, -0.1) is 0 Å². The molecular formula is C13H18N2O3. The molecule has 0 aliphatic rings. The van der Waals surface area contributed by atoms with Crippen LogP contribution in [0.1, 0.15) is 29.3 Å². The molecule has 0 saturated carbocycles. The number of hydrogen-bond donors (Lipinski definition) is 2. The van der Waals surface area contributed by atoms with E-state index >= 15 is 0 Å². The first-order valence-corrected chi connectivity index (χ1v) is 5.84. The largest absolute Gasteiger partial charge is 0.460 e. The third-order valence-electron chi connectivity index (χ3n) is 2.36. The number of aliphatic hydroxyl groups excluding tert-OH is 1. The zero-order valence-corrected chi connectivity index (χ0v) is 10.6. The fourth-order valence-corrected chi connectivity index (χ4v) is 1.50. The summed E-state index contributed by atoms with van der Waals surface area (Å²) < 4.78 is 4.82. The Morgan fingerprint density at radius 3 is 2.44 bits per heavy atom. The number of aliphatic hydroxyl groups is 1. The van der Waals surface area contributed by atoms with E-state index in [1.165, 1.54) is 0 Å². The van der Waals surface area contributed by atoms with Crippen LogP contribution in [0.5, 0.6) is 0 Å². The Bertz CT molecular complexity index is 413. The van der Waals surface area contributed by atoms with Gasteiger partial charge >= 0.3 is 5.97 Å². The molecule has 2 N–H and O–H groups in total. The van der Waals surface area contributed by atoms with Crippen LogP contribution in [0.2, 0.25) is 0 Å². The first kappa shape index (κ1) is 14.2. The van der Waals surface area contributed by atoms with E-state index < -0.39 is 5.97 Å². The summed E-state index contributed by atoms with van der Waals surface area (Å²) in [7, 11) is 1.75. The van der Waals surface area contributed by atoms with Gasteiger partial charge in [-0.1, -0.05) is 19.1 Å². The zero-order chi connectivity index (χ0) is 13.4. The van der Waals surface area contributed by atoms with Crippen molar-refractivity contribution in [1.29, 1.82) is 0 Å². The summed E-state index contributed by atoms with van der Waals surface area (Å²) in [6.45, 7) is 1.86. The SMILES string of the molecule is CC/C(=N\NC)c1ccc(C(=O)OCCO)cc1.